The van der Waals surface area contributed by atoms with Gasteiger partial charge in [0.1, 0.15) is 5.82 Å². The summed E-state index contributed by atoms with van der Waals surface area (Å²) in [6, 6.07) is 8.93. The molecular formula is C16H18FNO2S2. The van der Waals surface area contributed by atoms with Crippen molar-refractivity contribution in [2.24, 2.45) is 0 Å². The Morgan fingerprint density at radius 1 is 1.09 bits per heavy atom. The molecule has 2 aromatic rings. The van der Waals surface area contributed by atoms with Gasteiger partial charge in [0.15, 0.2) is 0 Å². The number of thiophene rings is 1. The number of nitrogens with zero attached hydrogens (tertiary/aromatic N) is 1. The van der Waals surface area contributed by atoms with Crippen molar-refractivity contribution in [3.63, 3.8) is 0 Å². The molecular weight excluding hydrogens is 321 g/mol. The Kier molecular flexibility index (Phi) is 4.61. The number of rotatable bonds is 3. The molecule has 118 valence electrons. The van der Waals surface area contributed by atoms with E-state index >= 15 is 0 Å². The molecule has 6 heteroatoms. The number of sulfonamides is 1. The van der Waals surface area contributed by atoms with Crippen LogP contribution in [-0.2, 0) is 10.0 Å². The van der Waals surface area contributed by atoms with E-state index in [1.54, 1.807) is 15.6 Å². The van der Waals surface area contributed by atoms with Crippen LogP contribution in [0.25, 0.3) is 0 Å². The molecule has 2 heterocycles. The van der Waals surface area contributed by atoms with Crippen LogP contribution in [0.3, 0.4) is 0 Å². The molecule has 1 fully saturated rings. The fraction of sp³-hybridized carbons (Fsp3) is 0.375. The molecule has 3 rings (SSSR count). The first kappa shape index (κ1) is 15.6. The second-order valence-electron chi connectivity index (χ2n) is 5.45. The van der Waals surface area contributed by atoms with Crippen LogP contribution in [0.4, 0.5) is 4.39 Å². The normalized spacial score (nSPS) is 20.7. The summed E-state index contributed by atoms with van der Waals surface area (Å²) in [7, 11) is -3.60. The molecule has 0 bridgehead atoms. The molecule has 1 aromatic heterocycles. The molecule has 1 atom stereocenters. The first-order valence-corrected chi connectivity index (χ1v) is 9.72. The van der Waals surface area contributed by atoms with E-state index in [0.29, 0.717) is 6.54 Å². The summed E-state index contributed by atoms with van der Waals surface area (Å²) in [6.45, 7) is 0.516. The minimum atomic E-state index is -3.60. The maximum Gasteiger partial charge on any atom is 0.243 e. The monoisotopic (exact) mass is 339 g/mol. The van der Waals surface area contributed by atoms with E-state index in [1.807, 2.05) is 17.5 Å². The van der Waals surface area contributed by atoms with Gasteiger partial charge in [0, 0.05) is 11.4 Å². The Morgan fingerprint density at radius 3 is 2.55 bits per heavy atom. The molecule has 0 unspecified atom stereocenters. The topological polar surface area (TPSA) is 37.4 Å². The number of benzene rings is 1. The Morgan fingerprint density at radius 2 is 1.86 bits per heavy atom. The summed E-state index contributed by atoms with van der Waals surface area (Å²) in [5, 5.41) is 1.98. The summed E-state index contributed by atoms with van der Waals surface area (Å²) in [5.74, 6) is -0.426. The van der Waals surface area contributed by atoms with Crippen molar-refractivity contribution in [2.45, 2.75) is 36.6 Å². The lowest BCUT2D eigenvalue weighted by atomic mass is 10.1. The zero-order valence-corrected chi connectivity index (χ0v) is 13.7. The van der Waals surface area contributed by atoms with Crippen molar-refractivity contribution in [1.29, 1.82) is 0 Å². The maximum absolute atomic E-state index is 13.1. The number of hydrogen-bond acceptors (Lipinski definition) is 3. The van der Waals surface area contributed by atoms with Crippen molar-refractivity contribution in [2.75, 3.05) is 6.54 Å². The first-order chi connectivity index (χ1) is 10.6. The molecule has 0 amide bonds. The van der Waals surface area contributed by atoms with Crippen molar-refractivity contribution >= 4 is 21.4 Å². The van der Waals surface area contributed by atoms with Gasteiger partial charge in [0.2, 0.25) is 10.0 Å². The molecule has 0 N–H and O–H groups in total. The van der Waals surface area contributed by atoms with E-state index in [1.165, 1.54) is 24.3 Å². The van der Waals surface area contributed by atoms with Crippen LogP contribution in [-0.4, -0.2) is 19.3 Å². The summed E-state index contributed by atoms with van der Waals surface area (Å²) < 4.78 is 40.6. The van der Waals surface area contributed by atoms with Gasteiger partial charge in [-0.1, -0.05) is 18.9 Å². The van der Waals surface area contributed by atoms with E-state index < -0.39 is 15.8 Å². The second kappa shape index (κ2) is 6.48. The summed E-state index contributed by atoms with van der Waals surface area (Å²) in [4.78, 5) is 1.24. The highest BCUT2D eigenvalue weighted by atomic mass is 32.2. The van der Waals surface area contributed by atoms with Gasteiger partial charge in [-0.3, -0.25) is 0 Å². The third-order valence-electron chi connectivity index (χ3n) is 4.00. The van der Waals surface area contributed by atoms with Crippen LogP contribution < -0.4 is 0 Å². The van der Waals surface area contributed by atoms with Gasteiger partial charge in [-0.2, -0.15) is 4.31 Å². The van der Waals surface area contributed by atoms with Crippen molar-refractivity contribution in [1.82, 2.24) is 4.31 Å². The average Bonchev–Trinajstić information content (AvgIpc) is 2.91. The number of halogens is 1. The standard InChI is InChI=1S/C16H18FNO2S2/c17-13-7-9-14(10-8-13)22(19,20)18-11-3-1-2-5-15(18)16-6-4-12-21-16/h4,6-10,12,15H,1-3,5,11H2/t15-/m1/s1. The van der Waals surface area contributed by atoms with Gasteiger partial charge in [0.25, 0.3) is 0 Å². The molecule has 0 saturated carbocycles. The summed E-state index contributed by atoms with van der Waals surface area (Å²) >= 11 is 1.59. The fourth-order valence-corrected chi connectivity index (χ4v) is 5.49. The third kappa shape index (κ3) is 3.09. The molecule has 3 nitrogen and oxygen atoms in total. The maximum atomic E-state index is 13.1. The van der Waals surface area contributed by atoms with E-state index in [4.69, 9.17) is 0 Å². The zero-order valence-electron chi connectivity index (χ0n) is 12.1. The average molecular weight is 339 g/mol. The van der Waals surface area contributed by atoms with E-state index in [9.17, 15) is 12.8 Å². The van der Waals surface area contributed by atoms with Crippen LogP contribution in [0.2, 0.25) is 0 Å². The minimum absolute atomic E-state index is 0.113. The summed E-state index contributed by atoms with van der Waals surface area (Å²) in [6.07, 6.45) is 3.76. The smallest absolute Gasteiger partial charge is 0.207 e. The Hall–Kier alpha value is -1.24. The lowest BCUT2D eigenvalue weighted by molar-refractivity contribution is 0.333. The van der Waals surface area contributed by atoms with Gasteiger partial charge >= 0.3 is 0 Å². The van der Waals surface area contributed by atoms with Crippen molar-refractivity contribution < 1.29 is 12.8 Å². The zero-order chi connectivity index (χ0) is 15.6. The predicted octanol–water partition coefficient (Wildman–Crippen LogP) is 4.19. The molecule has 1 saturated heterocycles. The Bertz CT molecular complexity index is 711. The van der Waals surface area contributed by atoms with Gasteiger partial charge in [-0.25, -0.2) is 12.8 Å². The van der Waals surface area contributed by atoms with Crippen LogP contribution in [0.15, 0.2) is 46.7 Å². The fourth-order valence-electron chi connectivity index (χ4n) is 2.88. The van der Waals surface area contributed by atoms with E-state index in [2.05, 4.69) is 0 Å². The Balaban J connectivity index is 1.99. The predicted molar refractivity (Wildman–Crippen MR) is 85.8 cm³/mol. The summed E-state index contributed by atoms with van der Waals surface area (Å²) in [5.41, 5.74) is 0. The van der Waals surface area contributed by atoms with Crippen LogP contribution in [0.5, 0.6) is 0 Å². The largest absolute Gasteiger partial charge is 0.243 e. The lowest BCUT2D eigenvalue weighted by Crippen LogP contribution is -2.34. The van der Waals surface area contributed by atoms with Crippen LogP contribution in [0, 0.1) is 5.82 Å². The molecule has 0 aliphatic carbocycles. The SMILES string of the molecule is O=S(=O)(c1ccc(F)cc1)N1CCCCC[C@@H]1c1cccs1. The van der Waals surface area contributed by atoms with Gasteiger partial charge in [-0.05, 0) is 48.6 Å². The van der Waals surface area contributed by atoms with E-state index in [0.717, 1.165) is 30.6 Å². The molecule has 1 aromatic carbocycles. The highest BCUT2D eigenvalue weighted by Gasteiger charge is 2.33. The van der Waals surface area contributed by atoms with Gasteiger partial charge in [-0.15, -0.1) is 11.3 Å². The molecule has 1 aliphatic rings. The van der Waals surface area contributed by atoms with Crippen LogP contribution in [0.1, 0.15) is 36.6 Å². The first-order valence-electron chi connectivity index (χ1n) is 7.40. The molecule has 0 radical (unpaired) electrons. The second-order valence-corrected chi connectivity index (χ2v) is 8.32. The third-order valence-corrected chi connectivity index (χ3v) is 6.89. The molecule has 1 aliphatic heterocycles. The molecule has 22 heavy (non-hydrogen) atoms. The van der Waals surface area contributed by atoms with Crippen molar-refractivity contribution in [3.05, 3.63) is 52.5 Å². The van der Waals surface area contributed by atoms with Crippen molar-refractivity contribution in [3.8, 4) is 0 Å². The highest BCUT2D eigenvalue weighted by Crippen LogP contribution is 2.36. The van der Waals surface area contributed by atoms with Gasteiger partial charge < -0.3 is 0 Å². The Labute approximate surface area is 134 Å². The lowest BCUT2D eigenvalue weighted by Gasteiger charge is -2.28. The minimum Gasteiger partial charge on any atom is -0.207 e. The number of hydrogen-bond donors (Lipinski definition) is 0. The quantitative estimate of drug-likeness (QED) is 0.841. The van der Waals surface area contributed by atoms with Gasteiger partial charge in [0.05, 0.1) is 10.9 Å². The highest BCUT2D eigenvalue weighted by molar-refractivity contribution is 7.89. The van der Waals surface area contributed by atoms with Crippen LogP contribution >= 0.6 is 11.3 Å². The van der Waals surface area contributed by atoms with E-state index in [-0.39, 0.29) is 10.9 Å². The molecule has 0 spiro atoms.